The van der Waals surface area contributed by atoms with Gasteiger partial charge in [-0.05, 0) is 86.4 Å². The summed E-state index contributed by atoms with van der Waals surface area (Å²) in [6.07, 6.45) is 11.8. The summed E-state index contributed by atoms with van der Waals surface area (Å²) in [5.41, 5.74) is 4.65. The van der Waals surface area contributed by atoms with E-state index < -0.39 is 0 Å². The maximum atomic E-state index is 11.3. The molecule has 0 aromatic rings. The van der Waals surface area contributed by atoms with Crippen LogP contribution in [0.15, 0.2) is 11.1 Å². The number of rotatable bonds is 1. The van der Waals surface area contributed by atoms with Crippen molar-refractivity contribution in [1.82, 2.24) is 0 Å². The largest absolute Gasteiger partial charge is 0.463 e. The van der Waals surface area contributed by atoms with Gasteiger partial charge in [-0.25, -0.2) is 0 Å². The van der Waals surface area contributed by atoms with Gasteiger partial charge in [-0.3, -0.25) is 4.79 Å². The molecule has 0 aliphatic heterocycles. The second-order valence-corrected chi connectivity index (χ2v) is 9.93. The van der Waals surface area contributed by atoms with Gasteiger partial charge in [-0.15, -0.1) is 0 Å². The molecule has 0 N–H and O–H groups in total. The maximum absolute atomic E-state index is 11.3. The first-order chi connectivity index (χ1) is 11.3. The van der Waals surface area contributed by atoms with Crippen LogP contribution in [0.25, 0.3) is 0 Å². The third kappa shape index (κ3) is 2.47. The van der Waals surface area contributed by atoms with Gasteiger partial charge in [-0.2, -0.15) is 0 Å². The van der Waals surface area contributed by atoms with Gasteiger partial charge in [0, 0.05) is 6.92 Å². The summed E-state index contributed by atoms with van der Waals surface area (Å²) in [6, 6.07) is 0. The Labute approximate surface area is 147 Å². The minimum absolute atomic E-state index is 0.0991. The van der Waals surface area contributed by atoms with Crippen LogP contribution in [0.5, 0.6) is 0 Å². The molecular weight excluding hydrogens is 296 g/mol. The zero-order chi connectivity index (χ0) is 17.1. The molecule has 2 heteroatoms. The lowest BCUT2D eigenvalue weighted by Gasteiger charge is -2.57. The lowest BCUT2D eigenvalue weighted by Crippen LogP contribution is -2.49. The summed E-state index contributed by atoms with van der Waals surface area (Å²) >= 11 is 0. The highest BCUT2D eigenvalue weighted by Crippen LogP contribution is 2.63. The van der Waals surface area contributed by atoms with Crippen LogP contribution in [0.3, 0.4) is 0 Å². The van der Waals surface area contributed by atoms with E-state index >= 15 is 0 Å². The quantitative estimate of drug-likeness (QED) is 0.458. The minimum Gasteiger partial charge on any atom is -0.463 e. The second kappa shape index (κ2) is 5.61. The van der Waals surface area contributed by atoms with Gasteiger partial charge >= 0.3 is 5.97 Å². The van der Waals surface area contributed by atoms with Crippen molar-refractivity contribution in [2.45, 2.75) is 91.6 Å². The van der Waals surface area contributed by atoms with Crippen molar-refractivity contribution >= 4 is 5.97 Å². The molecule has 4 aliphatic carbocycles. The summed E-state index contributed by atoms with van der Waals surface area (Å²) in [7, 11) is 0. The van der Waals surface area contributed by atoms with E-state index in [4.69, 9.17) is 4.74 Å². The first kappa shape index (κ1) is 16.7. The van der Waals surface area contributed by atoms with Crippen LogP contribution < -0.4 is 0 Å². The standard InChI is InChI=1S/C22H34O2/c1-14(23)24-16-9-12-22(4)15(13-16)5-6-17-18-10-11-21(2,3)19(18)7-8-20(17)22/h15-17,20H,5-13H2,1-4H3/t15-,16+,17+,20+,22+/m1/s1. The summed E-state index contributed by atoms with van der Waals surface area (Å²) in [6.45, 7) is 9.06. The van der Waals surface area contributed by atoms with Gasteiger partial charge in [0.2, 0.25) is 0 Å². The maximum Gasteiger partial charge on any atom is 0.302 e. The average Bonchev–Trinajstić information content (AvgIpc) is 2.83. The molecule has 0 aromatic heterocycles. The number of allylic oxidation sites excluding steroid dienone is 2. The van der Waals surface area contributed by atoms with Crippen molar-refractivity contribution in [2.24, 2.45) is 28.6 Å². The van der Waals surface area contributed by atoms with E-state index in [1.165, 1.54) is 44.9 Å². The molecule has 0 saturated heterocycles. The highest BCUT2D eigenvalue weighted by Gasteiger charge is 2.54. The lowest BCUT2D eigenvalue weighted by atomic mass is 9.49. The third-order valence-electron chi connectivity index (χ3n) is 8.35. The molecule has 0 bridgehead atoms. The predicted molar refractivity (Wildman–Crippen MR) is 96.5 cm³/mol. The van der Waals surface area contributed by atoms with Gasteiger partial charge < -0.3 is 4.74 Å². The number of fused-ring (bicyclic) bond motifs is 4. The number of carbonyl (C=O) groups excluding carboxylic acids is 1. The topological polar surface area (TPSA) is 26.3 Å². The molecule has 4 rings (SSSR count). The normalized spacial score (nSPS) is 43.7. The fourth-order valence-corrected chi connectivity index (χ4v) is 7.04. The molecule has 0 unspecified atom stereocenters. The Kier molecular flexibility index (Phi) is 3.89. The Balaban J connectivity index is 1.56. The van der Waals surface area contributed by atoms with Crippen molar-refractivity contribution in [3.05, 3.63) is 11.1 Å². The SMILES string of the molecule is CC(=O)O[C@H]1CC[C@@]2(C)[C@H](CC[C@H]3C4=C(CC[C@@H]32)C(C)(C)CC4)C1. The van der Waals surface area contributed by atoms with Crippen LogP contribution in [0.4, 0.5) is 0 Å². The summed E-state index contributed by atoms with van der Waals surface area (Å²) in [5, 5.41) is 0. The fraction of sp³-hybridized carbons (Fsp3) is 0.864. The fourth-order valence-electron chi connectivity index (χ4n) is 7.04. The van der Waals surface area contributed by atoms with Crippen LogP contribution in [0, 0.1) is 28.6 Å². The Hall–Kier alpha value is -0.790. The molecule has 5 atom stereocenters. The molecule has 0 amide bonds. The first-order valence-electron chi connectivity index (χ1n) is 10.2. The van der Waals surface area contributed by atoms with Gasteiger partial charge in [0.25, 0.3) is 0 Å². The average molecular weight is 331 g/mol. The summed E-state index contributed by atoms with van der Waals surface area (Å²) < 4.78 is 5.57. The van der Waals surface area contributed by atoms with E-state index in [9.17, 15) is 4.79 Å². The molecule has 24 heavy (non-hydrogen) atoms. The van der Waals surface area contributed by atoms with Gasteiger partial charge in [0.05, 0.1) is 0 Å². The van der Waals surface area contributed by atoms with E-state index in [2.05, 4.69) is 20.8 Å². The molecule has 0 heterocycles. The van der Waals surface area contributed by atoms with Crippen LogP contribution in [0.2, 0.25) is 0 Å². The zero-order valence-corrected chi connectivity index (χ0v) is 16.0. The van der Waals surface area contributed by atoms with Gasteiger partial charge in [0.15, 0.2) is 0 Å². The number of hydrogen-bond donors (Lipinski definition) is 0. The third-order valence-corrected chi connectivity index (χ3v) is 8.35. The molecule has 2 saturated carbocycles. The molecule has 134 valence electrons. The molecule has 4 aliphatic rings. The van der Waals surface area contributed by atoms with Crippen molar-refractivity contribution in [3.63, 3.8) is 0 Å². The van der Waals surface area contributed by atoms with Crippen LogP contribution >= 0.6 is 0 Å². The Bertz CT molecular complexity index is 573. The van der Waals surface area contributed by atoms with Crippen molar-refractivity contribution in [2.75, 3.05) is 0 Å². The number of hydrogen-bond acceptors (Lipinski definition) is 2. The van der Waals surface area contributed by atoms with E-state index in [1.54, 1.807) is 6.92 Å². The Morgan fingerprint density at radius 2 is 1.83 bits per heavy atom. The van der Waals surface area contributed by atoms with Gasteiger partial charge in [0.1, 0.15) is 6.10 Å². The van der Waals surface area contributed by atoms with Crippen molar-refractivity contribution < 1.29 is 9.53 Å². The number of ether oxygens (including phenoxy) is 1. The number of esters is 1. The zero-order valence-electron chi connectivity index (χ0n) is 16.0. The highest BCUT2D eigenvalue weighted by atomic mass is 16.5. The highest BCUT2D eigenvalue weighted by molar-refractivity contribution is 5.66. The predicted octanol–water partition coefficient (Wildman–Crippen LogP) is 5.66. The monoisotopic (exact) mass is 330 g/mol. The van der Waals surface area contributed by atoms with Crippen molar-refractivity contribution in [1.29, 1.82) is 0 Å². The van der Waals surface area contributed by atoms with Crippen LogP contribution in [-0.2, 0) is 9.53 Å². The van der Waals surface area contributed by atoms with E-state index in [0.717, 1.165) is 30.6 Å². The molecule has 0 radical (unpaired) electrons. The van der Waals surface area contributed by atoms with Gasteiger partial charge in [-0.1, -0.05) is 31.9 Å². The summed E-state index contributed by atoms with van der Waals surface area (Å²) in [4.78, 5) is 11.3. The van der Waals surface area contributed by atoms with Crippen LogP contribution in [-0.4, -0.2) is 12.1 Å². The smallest absolute Gasteiger partial charge is 0.302 e. The van der Waals surface area contributed by atoms with Crippen LogP contribution in [0.1, 0.15) is 85.5 Å². The Morgan fingerprint density at radius 1 is 1.04 bits per heavy atom. The number of carbonyl (C=O) groups is 1. The summed E-state index contributed by atoms with van der Waals surface area (Å²) in [5.74, 6) is 2.40. The van der Waals surface area contributed by atoms with Crippen molar-refractivity contribution in [3.8, 4) is 0 Å². The minimum atomic E-state index is -0.0991. The molecule has 0 spiro atoms. The Morgan fingerprint density at radius 3 is 2.58 bits per heavy atom. The first-order valence-corrected chi connectivity index (χ1v) is 10.2. The molecule has 2 nitrogen and oxygen atoms in total. The van der Waals surface area contributed by atoms with E-state index in [1.807, 2.05) is 11.1 Å². The lowest BCUT2D eigenvalue weighted by molar-refractivity contribution is -0.154. The van der Waals surface area contributed by atoms with E-state index in [0.29, 0.717) is 10.8 Å². The second-order valence-electron chi connectivity index (χ2n) is 9.93. The molecular formula is C22H34O2. The van der Waals surface area contributed by atoms with E-state index in [-0.39, 0.29) is 12.1 Å². The molecule has 0 aromatic carbocycles. The molecule has 2 fully saturated rings.